The Morgan fingerprint density at radius 1 is 1.08 bits per heavy atom. The predicted octanol–water partition coefficient (Wildman–Crippen LogP) is 4.29. The fraction of sp³-hybridized carbons (Fsp3) is 0.238. The molecule has 3 aromatic rings. The molecule has 1 saturated heterocycles. The summed E-state index contributed by atoms with van der Waals surface area (Å²) in [6.45, 7) is 1.31. The van der Waals surface area contributed by atoms with Crippen LogP contribution >= 0.6 is 0 Å². The maximum atomic E-state index is 12.2. The second-order valence-corrected chi connectivity index (χ2v) is 6.40. The SMILES string of the molecule is O=C(ON1CCCC(c2ncc(-c3ccccc3)o2)C1)c1ccccc1. The molecule has 1 aliphatic heterocycles. The van der Waals surface area contributed by atoms with E-state index in [0.717, 1.165) is 30.7 Å². The minimum absolute atomic E-state index is 0.116. The summed E-state index contributed by atoms with van der Waals surface area (Å²) < 4.78 is 5.97. The summed E-state index contributed by atoms with van der Waals surface area (Å²) in [7, 11) is 0. The number of aromatic nitrogens is 1. The number of carbonyl (C=O) groups is 1. The van der Waals surface area contributed by atoms with Gasteiger partial charge >= 0.3 is 5.97 Å². The van der Waals surface area contributed by atoms with Gasteiger partial charge in [0.25, 0.3) is 0 Å². The van der Waals surface area contributed by atoms with E-state index in [4.69, 9.17) is 9.25 Å². The normalized spacial score (nSPS) is 17.8. The second kappa shape index (κ2) is 7.54. The lowest BCUT2D eigenvalue weighted by Gasteiger charge is -2.29. The number of benzene rings is 2. The highest BCUT2D eigenvalue weighted by atomic mass is 16.7. The zero-order chi connectivity index (χ0) is 17.8. The van der Waals surface area contributed by atoms with E-state index < -0.39 is 0 Å². The molecule has 2 aromatic carbocycles. The number of carbonyl (C=O) groups excluding carboxylic acids is 1. The molecule has 4 rings (SSSR count). The van der Waals surface area contributed by atoms with Crippen molar-refractivity contribution in [3.05, 3.63) is 78.3 Å². The monoisotopic (exact) mass is 348 g/mol. The molecule has 26 heavy (non-hydrogen) atoms. The first kappa shape index (κ1) is 16.5. The van der Waals surface area contributed by atoms with Crippen LogP contribution in [0.2, 0.25) is 0 Å². The Labute approximate surface area is 152 Å². The summed E-state index contributed by atoms with van der Waals surface area (Å²) in [5.74, 6) is 1.25. The molecule has 5 heteroatoms. The molecule has 1 fully saturated rings. The molecule has 132 valence electrons. The van der Waals surface area contributed by atoms with Crippen LogP contribution in [0.5, 0.6) is 0 Å². The zero-order valence-corrected chi connectivity index (χ0v) is 14.4. The number of oxazole rings is 1. The highest BCUT2D eigenvalue weighted by Gasteiger charge is 2.27. The van der Waals surface area contributed by atoms with Gasteiger partial charge < -0.3 is 9.25 Å². The van der Waals surface area contributed by atoms with Gasteiger partial charge in [-0.25, -0.2) is 9.78 Å². The molecule has 0 aliphatic carbocycles. The molecule has 5 nitrogen and oxygen atoms in total. The van der Waals surface area contributed by atoms with Gasteiger partial charge in [0.1, 0.15) is 0 Å². The standard InChI is InChI=1S/C21H20N2O3/c24-21(17-10-5-2-6-11-17)26-23-13-7-12-18(15-23)20-22-14-19(25-20)16-8-3-1-4-9-16/h1-6,8-11,14,18H,7,12-13,15H2. The van der Waals surface area contributed by atoms with Crippen molar-refractivity contribution < 1.29 is 14.0 Å². The van der Waals surface area contributed by atoms with Crippen LogP contribution in [0.4, 0.5) is 0 Å². The van der Waals surface area contributed by atoms with Crippen LogP contribution in [0.25, 0.3) is 11.3 Å². The Balaban J connectivity index is 1.42. The van der Waals surface area contributed by atoms with E-state index in [1.165, 1.54) is 0 Å². The number of hydrogen-bond acceptors (Lipinski definition) is 5. The molecule has 1 aliphatic rings. The largest absolute Gasteiger partial charge is 0.440 e. The van der Waals surface area contributed by atoms with E-state index in [2.05, 4.69) is 4.98 Å². The molecule has 0 bridgehead atoms. The van der Waals surface area contributed by atoms with E-state index >= 15 is 0 Å². The maximum Gasteiger partial charge on any atom is 0.357 e. The molecule has 0 spiro atoms. The summed E-state index contributed by atoms with van der Waals surface area (Å²) in [4.78, 5) is 22.2. The summed E-state index contributed by atoms with van der Waals surface area (Å²) in [6, 6.07) is 19.0. The van der Waals surface area contributed by atoms with Gasteiger partial charge in [0.15, 0.2) is 11.7 Å². The minimum atomic E-state index is -0.330. The van der Waals surface area contributed by atoms with Crippen molar-refractivity contribution >= 4 is 5.97 Å². The van der Waals surface area contributed by atoms with Crippen molar-refractivity contribution in [2.45, 2.75) is 18.8 Å². The van der Waals surface area contributed by atoms with Gasteiger partial charge in [-0.3, -0.25) is 0 Å². The lowest BCUT2D eigenvalue weighted by molar-refractivity contribution is -0.125. The van der Waals surface area contributed by atoms with E-state index in [9.17, 15) is 4.79 Å². The van der Waals surface area contributed by atoms with Gasteiger partial charge in [-0.2, -0.15) is 0 Å². The number of hydroxylamine groups is 2. The minimum Gasteiger partial charge on any atom is -0.440 e. The van der Waals surface area contributed by atoms with Crippen LogP contribution in [0.15, 0.2) is 71.3 Å². The maximum absolute atomic E-state index is 12.2. The third-order valence-corrected chi connectivity index (χ3v) is 4.54. The average Bonchev–Trinajstić information content (AvgIpc) is 3.20. The summed E-state index contributed by atoms with van der Waals surface area (Å²) in [6.07, 6.45) is 3.66. The number of piperidine rings is 1. The van der Waals surface area contributed by atoms with Crippen LogP contribution < -0.4 is 0 Å². The van der Waals surface area contributed by atoms with Crippen LogP contribution in [0.1, 0.15) is 35.0 Å². The number of rotatable bonds is 4. The van der Waals surface area contributed by atoms with E-state index in [1.807, 2.05) is 48.5 Å². The summed E-state index contributed by atoms with van der Waals surface area (Å²) in [5.41, 5.74) is 1.56. The van der Waals surface area contributed by atoms with Gasteiger partial charge in [0, 0.05) is 18.7 Å². The molecule has 2 heterocycles. The van der Waals surface area contributed by atoms with Crippen molar-refractivity contribution in [2.24, 2.45) is 0 Å². The van der Waals surface area contributed by atoms with Gasteiger partial charge in [0.05, 0.1) is 17.7 Å². The topological polar surface area (TPSA) is 55.6 Å². The first-order valence-electron chi connectivity index (χ1n) is 8.83. The lowest BCUT2D eigenvalue weighted by atomic mass is 9.99. The van der Waals surface area contributed by atoms with Crippen LogP contribution in [0, 0.1) is 0 Å². The summed E-state index contributed by atoms with van der Waals surface area (Å²) >= 11 is 0. The molecular weight excluding hydrogens is 328 g/mol. The molecular formula is C21H20N2O3. The molecule has 1 unspecified atom stereocenters. The predicted molar refractivity (Wildman–Crippen MR) is 97.3 cm³/mol. The van der Waals surface area contributed by atoms with Gasteiger partial charge in [0.2, 0.25) is 0 Å². The van der Waals surface area contributed by atoms with E-state index in [-0.39, 0.29) is 11.9 Å². The highest BCUT2D eigenvalue weighted by molar-refractivity contribution is 5.89. The number of hydrogen-bond donors (Lipinski definition) is 0. The van der Waals surface area contributed by atoms with Gasteiger partial charge in [-0.05, 0) is 25.0 Å². The van der Waals surface area contributed by atoms with Crippen molar-refractivity contribution in [3.63, 3.8) is 0 Å². The van der Waals surface area contributed by atoms with Crippen molar-refractivity contribution in [3.8, 4) is 11.3 Å². The first-order valence-corrected chi connectivity index (χ1v) is 8.83. The Morgan fingerprint density at radius 2 is 1.81 bits per heavy atom. The van der Waals surface area contributed by atoms with Crippen LogP contribution in [-0.2, 0) is 4.84 Å². The van der Waals surface area contributed by atoms with Crippen molar-refractivity contribution in [2.75, 3.05) is 13.1 Å². The number of nitrogens with zero attached hydrogens (tertiary/aromatic N) is 2. The molecule has 0 saturated carbocycles. The summed E-state index contributed by atoms with van der Waals surface area (Å²) in [5, 5.41) is 1.72. The smallest absolute Gasteiger partial charge is 0.357 e. The molecule has 0 amide bonds. The highest BCUT2D eigenvalue weighted by Crippen LogP contribution is 2.29. The molecule has 1 atom stereocenters. The Kier molecular flexibility index (Phi) is 4.80. The van der Waals surface area contributed by atoms with Gasteiger partial charge in [-0.1, -0.05) is 48.5 Å². The molecule has 0 N–H and O–H groups in total. The second-order valence-electron chi connectivity index (χ2n) is 6.40. The first-order chi connectivity index (χ1) is 12.8. The van der Waals surface area contributed by atoms with E-state index in [1.54, 1.807) is 23.4 Å². The fourth-order valence-electron chi connectivity index (χ4n) is 3.18. The Hall–Kier alpha value is -2.92. The third-order valence-electron chi connectivity index (χ3n) is 4.54. The lowest BCUT2D eigenvalue weighted by Crippen LogP contribution is -2.36. The zero-order valence-electron chi connectivity index (χ0n) is 14.4. The fourth-order valence-corrected chi connectivity index (χ4v) is 3.18. The average molecular weight is 348 g/mol. The van der Waals surface area contributed by atoms with Crippen molar-refractivity contribution in [1.29, 1.82) is 0 Å². The third kappa shape index (κ3) is 3.68. The van der Waals surface area contributed by atoms with Gasteiger partial charge in [-0.15, -0.1) is 5.06 Å². The van der Waals surface area contributed by atoms with Crippen LogP contribution in [-0.4, -0.2) is 29.1 Å². The molecule has 0 radical (unpaired) electrons. The Morgan fingerprint density at radius 3 is 2.58 bits per heavy atom. The van der Waals surface area contributed by atoms with Crippen LogP contribution in [0.3, 0.4) is 0 Å². The quantitative estimate of drug-likeness (QED) is 0.704. The Bertz CT molecular complexity index is 861. The van der Waals surface area contributed by atoms with Crippen molar-refractivity contribution in [1.82, 2.24) is 10.0 Å². The molecule has 1 aromatic heterocycles. The van der Waals surface area contributed by atoms with E-state index in [0.29, 0.717) is 18.0 Å².